The van der Waals surface area contributed by atoms with Crippen LogP contribution >= 0.6 is 11.3 Å². The van der Waals surface area contributed by atoms with Gasteiger partial charge in [0, 0.05) is 0 Å². The first-order valence-electron chi connectivity index (χ1n) is 12.8. The normalized spacial score (nSPS) is 13.6. The SMILES string of the molecule is CC1[C-]=C(c2ccsc2)C=C1.[Cl-].[Cl-].[Zr+2]=[C](c1ccccc1)c1ccccc1.[c-]1cccc2c1Cc1ccccc1-2. The van der Waals surface area contributed by atoms with E-state index in [2.05, 4.69) is 145 Å². The van der Waals surface area contributed by atoms with Crippen LogP contribution in [0.25, 0.3) is 16.7 Å². The van der Waals surface area contributed by atoms with E-state index in [4.69, 9.17) is 0 Å². The molecule has 1 atom stereocenters. The largest absolute Gasteiger partial charge is 0.179 e. The molecule has 0 saturated carbocycles. The van der Waals surface area contributed by atoms with Gasteiger partial charge in [-0.2, -0.15) is 58.9 Å². The first-order valence-corrected chi connectivity index (χ1v) is 15.0. The van der Waals surface area contributed by atoms with Crippen LogP contribution in [0.15, 0.2) is 132 Å². The number of hydrogen-bond donors (Lipinski definition) is 0. The smallest absolute Gasteiger partial charge is 0.0253 e. The van der Waals surface area contributed by atoms with Gasteiger partial charge in [0.2, 0.25) is 0 Å². The summed E-state index contributed by atoms with van der Waals surface area (Å²) < 4.78 is 1.42. The van der Waals surface area contributed by atoms with Crippen molar-refractivity contribution in [1.29, 1.82) is 0 Å². The van der Waals surface area contributed by atoms with Crippen molar-refractivity contribution in [2.45, 2.75) is 13.3 Å². The quantitative estimate of drug-likeness (QED) is 0.258. The number of allylic oxidation sites excluding steroid dienone is 4. The maximum absolute atomic E-state index is 3.37. The zero-order valence-electron chi connectivity index (χ0n) is 22.2. The van der Waals surface area contributed by atoms with E-state index in [0.717, 1.165) is 6.42 Å². The Kier molecular flexibility index (Phi) is 12.8. The summed E-state index contributed by atoms with van der Waals surface area (Å²) in [7, 11) is 0. The van der Waals surface area contributed by atoms with E-state index in [9.17, 15) is 0 Å². The second-order valence-electron chi connectivity index (χ2n) is 9.22. The van der Waals surface area contributed by atoms with Gasteiger partial charge < -0.3 is 24.8 Å². The van der Waals surface area contributed by atoms with Crippen molar-refractivity contribution < 1.29 is 49.0 Å². The average molecular weight is 655 g/mol. The van der Waals surface area contributed by atoms with Crippen molar-refractivity contribution >= 4 is 20.1 Å². The molecule has 0 nitrogen and oxygen atoms in total. The van der Waals surface area contributed by atoms with Crippen LogP contribution < -0.4 is 24.8 Å². The van der Waals surface area contributed by atoms with Gasteiger partial charge in [-0.15, -0.1) is 17.2 Å². The minimum atomic E-state index is 0. The average Bonchev–Trinajstić information content (AvgIpc) is 3.74. The molecule has 0 fully saturated rings. The molecular weight excluding hydrogens is 627 g/mol. The predicted octanol–water partition coefficient (Wildman–Crippen LogP) is 3.01. The molecule has 4 aromatic carbocycles. The molecule has 2 aliphatic carbocycles. The Labute approximate surface area is 269 Å². The molecule has 2 aliphatic rings. The predicted molar refractivity (Wildman–Crippen MR) is 159 cm³/mol. The molecular formula is C36H28Cl2SZr-2. The van der Waals surface area contributed by atoms with Gasteiger partial charge in [-0.1, -0.05) is 59.7 Å². The zero-order chi connectivity index (χ0) is 26.2. The minimum Gasteiger partial charge on any atom is -0.179 e. The van der Waals surface area contributed by atoms with E-state index >= 15 is 0 Å². The van der Waals surface area contributed by atoms with Crippen molar-refractivity contribution in [2.75, 3.05) is 0 Å². The van der Waals surface area contributed by atoms with Gasteiger partial charge in [-0.05, 0) is 11.8 Å². The number of thiophene rings is 1. The second-order valence-corrected chi connectivity index (χ2v) is 11.2. The Bertz CT molecular complexity index is 1470. The molecule has 40 heavy (non-hydrogen) atoms. The summed E-state index contributed by atoms with van der Waals surface area (Å²) in [6, 6.07) is 41.3. The van der Waals surface area contributed by atoms with Crippen LogP contribution in [-0.4, -0.2) is 3.21 Å². The van der Waals surface area contributed by atoms with E-state index in [1.54, 1.807) is 11.3 Å². The third kappa shape index (κ3) is 8.21. The Balaban J connectivity index is 0.000000162. The molecule has 4 heteroatoms. The second kappa shape index (κ2) is 16.0. The van der Waals surface area contributed by atoms with Gasteiger partial charge in [0.1, 0.15) is 0 Å². The van der Waals surface area contributed by atoms with Crippen molar-refractivity contribution in [3.63, 3.8) is 0 Å². The van der Waals surface area contributed by atoms with E-state index in [1.165, 1.54) is 72.0 Å². The van der Waals surface area contributed by atoms with Crippen LogP contribution in [0.5, 0.6) is 0 Å². The van der Waals surface area contributed by atoms with E-state index in [-0.39, 0.29) is 24.8 Å². The molecule has 7 rings (SSSR count). The van der Waals surface area contributed by atoms with E-state index < -0.39 is 0 Å². The van der Waals surface area contributed by atoms with E-state index in [1.807, 2.05) is 6.07 Å². The van der Waals surface area contributed by atoms with Crippen LogP contribution in [0.2, 0.25) is 0 Å². The van der Waals surface area contributed by atoms with Gasteiger partial charge >= 0.3 is 99.2 Å². The van der Waals surface area contributed by atoms with Crippen molar-refractivity contribution in [3.8, 4) is 11.1 Å². The topological polar surface area (TPSA) is 0 Å². The summed E-state index contributed by atoms with van der Waals surface area (Å²) in [4.78, 5) is 0. The summed E-state index contributed by atoms with van der Waals surface area (Å²) >= 11 is 3.19. The fourth-order valence-corrected chi connectivity index (χ4v) is 6.03. The molecule has 0 aliphatic heterocycles. The third-order valence-electron chi connectivity index (χ3n) is 6.51. The number of fused-ring (bicyclic) bond motifs is 3. The fourth-order valence-electron chi connectivity index (χ4n) is 4.55. The first-order chi connectivity index (χ1) is 18.7. The minimum absolute atomic E-state index is 0. The maximum atomic E-state index is 3.37. The van der Waals surface area contributed by atoms with Crippen molar-refractivity contribution in [1.82, 2.24) is 0 Å². The summed E-state index contributed by atoms with van der Waals surface area (Å²) in [5.41, 5.74) is 10.7. The molecule has 198 valence electrons. The number of hydrogen-bond acceptors (Lipinski definition) is 1. The van der Waals surface area contributed by atoms with Crippen LogP contribution in [0.3, 0.4) is 0 Å². The van der Waals surface area contributed by atoms with Crippen molar-refractivity contribution in [2.24, 2.45) is 5.92 Å². The molecule has 1 unspecified atom stereocenters. The van der Waals surface area contributed by atoms with Crippen molar-refractivity contribution in [3.05, 3.63) is 172 Å². The summed E-state index contributed by atoms with van der Waals surface area (Å²) in [5, 5.41) is 4.26. The Morgan fingerprint density at radius 1 is 0.775 bits per heavy atom. The van der Waals surface area contributed by atoms with Gasteiger partial charge in [-0.3, -0.25) is 0 Å². The number of benzene rings is 4. The number of rotatable bonds is 3. The molecule has 0 N–H and O–H groups in total. The Morgan fingerprint density at radius 3 is 2.00 bits per heavy atom. The third-order valence-corrected chi connectivity index (χ3v) is 8.61. The molecule has 5 aromatic rings. The fraction of sp³-hybridized carbons (Fsp3) is 0.0833. The van der Waals surface area contributed by atoms with Gasteiger partial charge in [-0.25, -0.2) is 0 Å². The molecule has 0 saturated heterocycles. The molecule has 1 heterocycles. The van der Waals surface area contributed by atoms with Crippen LogP contribution in [0, 0.1) is 18.1 Å². The van der Waals surface area contributed by atoms with E-state index in [0.29, 0.717) is 5.92 Å². The van der Waals surface area contributed by atoms with Gasteiger partial charge in [0.05, 0.1) is 0 Å². The summed E-state index contributed by atoms with van der Waals surface area (Å²) in [6.45, 7) is 2.15. The molecule has 0 amide bonds. The first kappa shape index (κ1) is 31.9. The van der Waals surface area contributed by atoms with Crippen LogP contribution in [0.1, 0.15) is 34.7 Å². The Hall–Kier alpha value is -2.61. The van der Waals surface area contributed by atoms with Crippen LogP contribution in [0.4, 0.5) is 0 Å². The van der Waals surface area contributed by atoms with Crippen LogP contribution in [-0.2, 0) is 30.7 Å². The monoisotopic (exact) mass is 652 g/mol. The summed E-state index contributed by atoms with van der Waals surface area (Å²) in [6.07, 6.45) is 8.74. The standard InChI is InChI=1S/C13H9.C13H10.C10H9S.2ClH.Zr/c1-3-7-12-10(5-1)9-11-6-2-4-8-13(11)12;1-3-7-12(8-4-1)11-13-9-5-2-6-10-13;1-8-2-3-9(6-8)10-4-5-11-7-10;;;/h1-5,7-8H,9H2;1-10H;2-5,7-8H,1H3;2*1H;/q-1;;-1;;;+2/p-2. The molecule has 0 spiro atoms. The Morgan fingerprint density at radius 2 is 1.40 bits per heavy atom. The van der Waals surface area contributed by atoms with Gasteiger partial charge in [0.15, 0.2) is 0 Å². The van der Waals surface area contributed by atoms with Gasteiger partial charge in [0.25, 0.3) is 0 Å². The summed E-state index contributed by atoms with van der Waals surface area (Å²) in [5.74, 6) is 0.491. The molecule has 0 bridgehead atoms. The molecule has 1 aromatic heterocycles. The zero-order valence-corrected chi connectivity index (χ0v) is 26.9. The molecule has 0 radical (unpaired) electrons. The number of halogens is 2. The maximum Gasteiger partial charge on any atom is -0.0253 e.